The van der Waals surface area contributed by atoms with Crippen molar-refractivity contribution in [1.29, 1.82) is 0 Å². The fourth-order valence-electron chi connectivity index (χ4n) is 7.51. The zero-order chi connectivity index (χ0) is 35.1. The van der Waals surface area contributed by atoms with Gasteiger partial charge in [-0.15, -0.1) is 0 Å². The molecule has 0 N–H and O–H groups in total. The van der Waals surface area contributed by atoms with Crippen LogP contribution in [0.15, 0.2) is 199 Å². The third kappa shape index (κ3) is 5.65. The van der Waals surface area contributed by atoms with Crippen molar-refractivity contribution < 1.29 is 4.42 Å². The van der Waals surface area contributed by atoms with E-state index in [0.29, 0.717) is 5.82 Å². The molecule has 248 valence electrons. The van der Waals surface area contributed by atoms with Crippen molar-refractivity contribution in [3.05, 3.63) is 194 Å². The van der Waals surface area contributed by atoms with E-state index in [0.717, 1.165) is 77.8 Å². The van der Waals surface area contributed by atoms with Crippen LogP contribution in [0, 0.1) is 0 Å². The van der Waals surface area contributed by atoms with E-state index < -0.39 is 0 Å². The van der Waals surface area contributed by atoms with Gasteiger partial charge >= 0.3 is 0 Å². The molecule has 53 heavy (non-hydrogen) atoms. The van der Waals surface area contributed by atoms with Crippen molar-refractivity contribution in [3.63, 3.8) is 0 Å². The molecular formula is C50H32N2O. The van der Waals surface area contributed by atoms with E-state index in [2.05, 4.69) is 164 Å². The Bertz CT molecular complexity index is 2940. The minimum Gasteiger partial charge on any atom is -0.456 e. The van der Waals surface area contributed by atoms with E-state index in [1.165, 1.54) is 16.3 Å². The van der Waals surface area contributed by atoms with Crippen molar-refractivity contribution in [2.75, 3.05) is 0 Å². The number of para-hydroxylation sites is 1. The van der Waals surface area contributed by atoms with Crippen LogP contribution >= 0.6 is 0 Å². The van der Waals surface area contributed by atoms with Gasteiger partial charge in [0, 0.05) is 27.5 Å². The minimum atomic E-state index is 0.682. The molecule has 0 atom stereocenters. The molecule has 10 aromatic rings. The van der Waals surface area contributed by atoms with Crippen LogP contribution in [-0.4, -0.2) is 9.97 Å². The van der Waals surface area contributed by atoms with Gasteiger partial charge in [-0.1, -0.05) is 152 Å². The van der Waals surface area contributed by atoms with Gasteiger partial charge in [0.2, 0.25) is 0 Å². The maximum atomic E-state index is 6.36. The highest BCUT2D eigenvalue weighted by Gasteiger charge is 2.17. The predicted octanol–water partition coefficient (Wildman–Crippen LogP) is 13.5. The average molecular weight is 677 g/mol. The summed E-state index contributed by atoms with van der Waals surface area (Å²) in [6.07, 6.45) is 0. The normalized spacial score (nSPS) is 11.4. The fourth-order valence-corrected chi connectivity index (χ4v) is 7.51. The quantitative estimate of drug-likeness (QED) is 0.176. The van der Waals surface area contributed by atoms with Crippen molar-refractivity contribution in [1.82, 2.24) is 9.97 Å². The van der Waals surface area contributed by atoms with E-state index in [1.807, 2.05) is 30.3 Å². The summed E-state index contributed by atoms with van der Waals surface area (Å²) in [5.74, 6) is 0.682. The number of furan rings is 1. The molecule has 0 aliphatic rings. The summed E-state index contributed by atoms with van der Waals surface area (Å²) in [7, 11) is 0. The highest BCUT2D eigenvalue weighted by molar-refractivity contribution is 6.06. The van der Waals surface area contributed by atoms with Gasteiger partial charge in [0.05, 0.1) is 11.4 Å². The van der Waals surface area contributed by atoms with Gasteiger partial charge in [-0.2, -0.15) is 0 Å². The summed E-state index contributed by atoms with van der Waals surface area (Å²) in [4.78, 5) is 10.5. The van der Waals surface area contributed by atoms with Gasteiger partial charge in [0.1, 0.15) is 11.2 Å². The first kappa shape index (κ1) is 30.7. The molecule has 0 saturated carbocycles. The first-order chi connectivity index (χ1) is 26.2. The van der Waals surface area contributed by atoms with Crippen molar-refractivity contribution in [3.8, 4) is 67.3 Å². The van der Waals surface area contributed by atoms with Gasteiger partial charge in [0.25, 0.3) is 0 Å². The topological polar surface area (TPSA) is 38.9 Å². The molecule has 3 heteroatoms. The Morgan fingerprint density at radius 3 is 1.75 bits per heavy atom. The smallest absolute Gasteiger partial charge is 0.160 e. The first-order valence-corrected chi connectivity index (χ1v) is 17.9. The summed E-state index contributed by atoms with van der Waals surface area (Å²) in [5.41, 5.74) is 13.2. The van der Waals surface area contributed by atoms with E-state index in [4.69, 9.17) is 14.4 Å². The fraction of sp³-hybridized carbons (Fsp3) is 0. The number of hydrogen-bond donors (Lipinski definition) is 0. The molecular weight excluding hydrogens is 645 g/mol. The molecule has 0 spiro atoms. The lowest BCUT2D eigenvalue weighted by molar-refractivity contribution is 0.669. The van der Waals surface area contributed by atoms with Crippen LogP contribution in [-0.2, 0) is 0 Å². The number of fused-ring (bicyclic) bond motifs is 4. The standard InChI is InChI=1S/C50H32N2O/c1-3-14-33(15-4-1)41-21-9-10-22-43(41)47-32-46(51-50(52-47)35-17-5-2-6-18-35)39-29-37(28-38(30-39)42-24-13-19-34-16-7-8-20-40(34)42)36-26-27-45-44-23-11-12-25-48(44)53-49(45)31-36/h1-32H. The predicted molar refractivity (Wildman–Crippen MR) is 219 cm³/mol. The van der Waals surface area contributed by atoms with Crippen LogP contribution in [0.2, 0.25) is 0 Å². The molecule has 0 unspecified atom stereocenters. The van der Waals surface area contributed by atoms with E-state index >= 15 is 0 Å². The second kappa shape index (κ2) is 12.9. The van der Waals surface area contributed by atoms with Crippen molar-refractivity contribution in [2.24, 2.45) is 0 Å². The number of nitrogens with zero attached hydrogens (tertiary/aromatic N) is 2. The first-order valence-electron chi connectivity index (χ1n) is 17.9. The summed E-state index contributed by atoms with van der Waals surface area (Å²) < 4.78 is 6.36. The molecule has 0 amide bonds. The maximum absolute atomic E-state index is 6.36. The summed E-state index contributed by atoms with van der Waals surface area (Å²) in [6.45, 7) is 0. The minimum absolute atomic E-state index is 0.682. The molecule has 0 bridgehead atoms. The Hall–Kier alpha value is -7.10. The number of benzene rings is 8. The molecule has 0 aliphatic heterocycles. The molecule has 8 aromatic carbocycles. The second-order valence-corrected chi connectivity index (χ2v) is 13.4. The van der Waals surface area contributed by atoms with Crippen LogP contribution < -0.4 is 0 Å². The number of hydrogen-bond acceptors (Lipinski definition) is 3. The second-order valence-electron chi connectivity index (χ2n) is 13.4. The van der Waals surface area contributed by atoms with E-state index in [9.17, 15) is 0 Å². The van der Waals surface area contributed by atoms with Gasteiger partial charge < -0.3 is 4.42 Å². The summed E-state index contributed by atoms with van der Waals surface area (Å²) in [6, 6.07) is 68.1. The Labute approximate surface area is 307 Å². The number of rotatable bonds is 6. The third-order valence-corrected chi connectivity index (χ3v) is 10.1. The summed E-state index contributed by atoms with van der Waals surface area (Å²) in [5, 5.41) is 4.64. The van der Waals surface area contributed by atoms with Crippen molar-refractivity contribution >= 4 is 32.7 Å². The van der Waals surface area contributed by atoms with Crippen LogP contribution in [0.3, 0.4) is 0 Å². The Morgan fingerprint density at radius 2 is 0.906 bits per heavy atom. The molecule has 10 rings (SSSR count). The van der Waals surface area contributed by atoms with Crippen LogP contribution in [0.1, 0.15) is 0 Å². The van der Waals surface area contributed by atoms with Crippen LogP contribution in [0.4, 0.5) is 0 Å². The third-order valence-electron chi connectivity index (χ3n) is 10.1. The Morgan fingerprint density at radius 1 is 0.302 bits per heavy atom. The lowest BCUT2D eigenvalue weighted by Gasteiger charge is -2.15. The Balaban J connectivity index is 1.22. The highest BCUT2D eigenvalue weighted by Crippen LogP contribution is 2.40. The van der Waals surface area contributed by atoms with E-state index in [1.54, 1.807) is 0 Å². The SMILES string of the molecule is c1ccc(-c2nc(-c3cc(-c4ccc5c(c4)oc4ccccc45)cc(-c4cccc5ccccc45)c3)cc(-c3ccccc3-c3ccccc3)n2)cc1. The van der Waals surface area contributed by atoms with Crippen molar-refractivity contribution in [2.45, 2.75) is 0 Å². The maximum Gasteiger partial charge on any atom is 0.160 e. The van der Waals surface area contributed by atoms with E-state index in [-0.39, 0.29) is 0 Å². The molecule has 3 nitrogen and oxygen atoms in total. The van der Waals surface area contributed by atoms with Gasteiger partial charge in [-0.25, -0.2) is 9.97 Å². The van der Waals surface area contributed by atoms with Gasteiger partial charge in [-0.3, -0.25) is 0 Å². The number of aromatic nitrogens is 2. The lowest BCUT2D eigenvalue weighted by atomic mass is 9.91. The molecule has 0 saturated heterocycles. The van der Waals surface area contributed by atoms with Gasteiger partial charge in [-0.05, 0) is 86.6 Å². The molecule has 0 fully saturated rings. The zero-order valence-electron chi connectivity index (χ0n) is 28.8. The molecule has 2 heterocycles. The van der Waals surface area contributed by atoms with Gasteiger partial charge in [0.15, 0.2) is 5.82 Å². The average Bonchev–Trinajstić information content (AvgIpc) is 3.62. The molecule has 2 aromatic heterocycles. The zero-order valence-corrected chi connectivity index (χ0v) is 28.8. The monoisotopic (exact) mass is 676 g/mol. The molecule has 0 aliphatic carbocycles. The van der Waals surface area contributed by atoms with Crippen LogP contribution in [0.5, 0.6) is 0 Å². The molecule has 0 radical (unpaired) electrons. The Kier molecular flexibility index (Phi) is 7.47. The summed E-state index contributed by atoms with van der Waals surface area (Å²) >= 11 is 0. The largest absolute Gasteiger partial charge is 0.456 e. The lowest BCUT2D eigenvalue weighted by Crippen LogP contribution is -1.97. The van der Waals surface area contributed by atoms with Crippen LogP contribution in [0.25, 0.3) is 100.0 Å². The highest BCUT2D eigenvalue weighted by atomic mass is 16.3.